The van der Waals surface area contributed by atoms with Crippen LogP contribution >= 0.6 is 11.8 Å². The monoisotopic (exact) mass is 289 g/mol. The molecule has 20 heavy (non-hydrogen) atoms. The van der Waals surface area contributed by atoms with E-state index in [1.54, 1.807) is 18.9 Å². The van der Waals surface area contributed by atoms with E-state index in [0.29, 0.717) is 0 Å². The smallest absolute Gasteiger partial charge is 0.135 e. The highest BCUT2D eigenvalue weighted by atomic mass is 32.2. The van der Waals surface area contributed by atoms with Gasteiger partial charge in [-0.05, 0) is 49.6 Å². The summed E-state index contributed by atoms with van der Waals surface area (Å²) in [5.74, 6) is 2.27. The van der Waals surface area contributed by atoms with Crippen molar-refractivity contribution >= 4 is 11.8 Å². The molecule has 0 amide bonds. The number of hydrogen-bond donors (Lipinski definition) is 1. The fourth-order valence-electron chi connectivity index (χ4n) is 2.01. The number of methoxy groups -OCH3 is 1. The van der Waals surface area contributed by atoms with Crippen molar-refractivity contribution in [3.63, 3.8) is 0 Å². The molecular weight excluding hydrogens is 270 g/mol. The quantitative estimate of drug-likeness (QED) is 0.837. The Morgan fingerprint density at radius 2 is 1.70 bits per heavy atom. The van der Waals surface area contributed by atoms with Crippen LogP contribution in [0.2, 0.25) is 0 Å². The highest BCUT2D eigenvalue weighted by molar-refractivity contribution is 7.98. The molecule has 0 spiro atoms. The summed E-state index contributed by atoms with van der Waals surface area (Å²) in [6.07, 6.45) is 2.05. The normalized spacial score (nSPS) is 12.0. The highest BCUT2D eigenvalue weighted by Crippen LogP contribution is 2.35. The molecule has 0 aliphatic heterocycles. The van der Waals surface area contributed by atoms with Gasteiger partial charge in [-0.15, -0.1) is 11.8 Å². The lowest BCUT2D eigenvalue weighted by molar-refractivity contribution is 0.397. The average Bonchev–Trinajstić information content (AvgIpc) is 2.47. The lowest BCUT2D eigenvalue weighted by Crippen LogP contribution is -2.08. The van der Waals surface area contributed by atoms with Crippen LogP contribution in [0.25, 0.3) is 0 Å². The van der Waals surface area contributed by atoms with E-state index in [-0.39, 0.29) is 6.04 Å². The molecule has 0 fully saturated rings. The SMILES string of the molecule is COc1cccc(Oc2ccc(SC)cc2)c1[C@H](C)N. The second-order valence-electron chi connectivity index (χ2n) is 4.44. The Labute approximate surface area is 124 Å². The van der Waals surface area contributed by atoms with Crippen molar-refractivity contribution < 1.29 is 9.47 Å². The molecule has 1 atom stereocenters. The second kappa shape index (κ2) is 6.68. The third-order valence-corrected chi connectivity index (χ3v) is 3.73. The maximum Gasteiger partial charge on any atom is 0.135 e. The van der Waals surface area contributed by atoms with E-state index in [2.05, 4.69) is 0 Å². The third-order valence-electron chi connectivity index (χ3n) is 2.99. The summed E-state index contributed by atoms with van der Waals surface area (Å²) in [4.78, 5) is 1.20. The first-order chi connectivity index (χ1) is 9.65. The fourth-order valence-corrected chi connectivity index (χ4v) is 2.42. The zero-order chi connectivity index (χ0) is 14.5. The minimum Gasteiger partial charge on any atom is -0.496 e. The van der Waals surface area contributed by atoms with E-state index in [1.807, 2.05) is 55.6 Å². The zero-order valence-electron chi connectivity index (χ0n) is 11.9. The van der Waals surface area contributed by atoms with Gasteiger partial charge in [0, 0.05) is 10.9 Å². The van der Waals surface area contributed by atoms with Gasteiger partial charge in [-0.2, -0.15) is 0 Å². The van der Waals surface area contributed by atoms with Crippen LogP contribution in [0.3, 0.4) is 0 Å². The van der Waals surface area contributed by atoms with Gasteiger partial charge >= 0.3 is 0 Å². The van der Waals surface area contributed by atoms with Crippen LogP contribution in [0.15, 0.2) is 47.4 Å². The van der Waals surface area contributed by atoms with Crippen molar-refractivity contribution in [2.75, 3.05) is 13.4 Å². The molecule has 2 N–H and O–H groups in total. The summed E-state index contributed by atoms with van der Waals surface area (Å²) < 4.78 is 11.3. The van der Waals surface area contributed by atoms with Crippen LogP contribution in [0.4, 0.5) is 0 Å². The van der Waals surface area contributed by atoms with E-state index in [9.17, 15) is 0 Å². The summed E-state index contributed by atoms with van der Waals surface area (Å²) in [6.45, 7) is 1.92. The molecule has 0 unspecified atom stereocenters. The molecule has 0 bridgehead atoms. The zero-order valence-corrected chi connectivity index (χ0v) is 12.7. The van der Waals surface area contributed by atoms with Crippen LogP contribution in [0, 0.1) is 0 Å². The third kappa shape index (κ3) is 3.26. The summed E-state index contributed by atoms with van der Waals surface area (Å²) in [5, 5.41) is 0. The molecule has 0 saturated carbocycles. The van der Waals surface area contributed by atoms with E-state index in [0.717, 1.165) is 22.8 Å². The number of nitrogens with two attached hydrogens (primary N) is 1. The number of ether oxygens (including phenoxy) is 2. The van der Waals surface area contributed by atoms with Gasteiger partial charge in [-0.25, -0.2) is 0 Å². The van der Waals surface area contributed by atoms with Crippen molar-refractivity contribution in [3.8, 4) is 17.2 Å². The molecule has 0 radical (unpaired) electrons. The van der Waals surface area contributed by atoms with Gasteiger partial charge in [0.15, 0.2) is 0 Å². The Hall–Kier alpha value is -1.65. The molecular formula is C16H19NO2S. The highest BCUT2D eigenvalue weighted by Gasteiger charge is 2.14. The Morgan fingerprint density at radius 1 is 1.05 bits per heavy atom. The van der Waals surface area contributed by atoms with Gasteiger partial charge in [0.05, 0.1) is 12.7 Å². The minimum absolute atomic E-state index is 0.161. The van der Waals surface area contributed by atoms with Gasteiger partial charge in [-0.1, -0.05) is 6.07 Å². The van der Waals surface area contributed by atoms with Crippen LogP contribution in [0.1, 0.15) is 18.5 Å². The Morgan fingerprint density at radius 3 is 2.25 bits per heavy atom. The molecule has 2 aromatic carbocycles. The van der Waals surface area contributed by atoms with Crippen molar-refractivity contribution in [3.05, 3.63) is 48.0 Å². The van der Waals surface area contributed by atoms with Crippen LogP contribution in [0.5, 0.6) is 17.2 Å². The first kappa shape index (κ1) is 14.8. The molecule has 0 saturated heterocycles. The molecule has 106 valence electrons. The molecule has 2 rings (SSSR count). The fraction of sp³-hybridized carbons (Fsp3) is 0.250. The van der Waals surface area contributed by atoms with Crippen LogP contribution in [-0.4, -0.2) is 13.4 Å². The molecule has 0 aromatic heterocycles. The predicted octanol–water partition coefficient (Wildman–Crippen LogP) is 4.23. The van der Waals surface area contributed by atoms with E-state index in [4.69, 9.17) is 15.2 Å². The maximum absolute atomic E-state index is 6.03. The van der Waals surface area contributed by atoms with Gasteiger partial charge in [0.1, 0.15) is 17.2 Å². The number of benzene rings is 2. The van der Waals surface area contributed by atoms with E-state index >= 15 is 0 Å². The van der Waals surface area contributed by atoms with E-state index < -0.39 is 0 Å². The number of hydrogen-bond acceptors (Lipinski definition) is 4. The summed E-state index contributed by atoms with van der Waals surface area (Å²) in [6, 6.07) is 13.5. The molecule has 0 heterocycles. The standard InChI is InChI=1S/C16H19NO2S/c1-11(17)16-14(18-2)5-4-6-15(16)19-12-7-9-13(20-3)10-8-12/h4-11H,17H2,1-3H3/t11-/m0/s1. The van der Waals surface area contributed by atoms with Crippen molar-refractivity contribution in [1.29, 1.82) is 0 Å². The first-order valence-electron chi connectivity index (χ1n) is 6.40. The van der Waals surface area contributed by atoms with Crippen LogP contribution in [-0.2, 0) is 0 Å². The second-order valence-corrected chi connectivity index (χ2v) is 5.32. The molecule has 2 aromatic rings. The average molecular weight is 289 g/mol. The lowest BCUT2D eigenvalue weighted by Gasteiger charge is -2.17. The Bertz CT molecular complexity index is 567. The van der Waals surface area contributed by atoms with Crippen molar-refractivity contribution in [2.24, 2.45) is 5.73 Å². The summed E-state index contributed by atoms with van der Waals surface area (Å²) in [7, 11) is 1.64. The molecule has 0 aliphatic carbocycles. The first-order valence-corrected chi connectivity index (χ1v) is 7.62. The summed E-state index contributed by atoms with van der Waals surface area (Å²) >= 11 is 1.70. The van der Waals surface area contributed by atoms with Crippen molar-refractivity contribution in [2.45, 2.75) is 17.9 Å². The number of thioether (sulfide) groups is 1. The summed E-state index contributed by atoms with van der Waals surface area (Å²) in [5.41, 5.74) is 6.91. The maximum atomic E-state index is 6.03. The number of rotatable bonds is 5. The molecule has 4 heteroatoms. The Kier molecular flexibility index (Phi) is 4.93. The van der Waals surface area contributed by atoms with Gasteiger partial charge in [0.2, 0.25) is 0 Å². The largest absolute Gasteiger partial charge is 0.496 e. The van der Waals surface area contributed by atoms with Gasteiger partial charge < -0.3 is 15.2 Å². The van der Waals surface area contributed by atoms with Gasteiger partial charge in [-0.3, -0.25) is 0 Å². The topological polar surface area (TPSA) is 44.5 Å². The Balaban J connectivity index is 2.32. The minimum atomic E-state index is -0.161. The predicted molar refractivity (Wildman–Crippen MR) is 83.9 cm³/mol. The lowest BCUT2D eigenvalue weighted by atomic mass is 10.1. The van der Waals surface area contributed by atoms with Gasteiger partial charge in [0.25, 0.3) is 0 Å². The van der Waals surface area contributed by atoms with E-state index in [1.165, 1.54) is 4.90 Å². The van der Waals surface area contributed by atoms with Crippen LogP contribution < -0.4 is 15.2 Å². The molecule has 0 aliphatic rings. The van der Waals surface area contributed by atoms with Crippen molar-refractivity contribution in [1.82, 2.24) is 0 Å². The molecule has 3 nitrogen and oxygen atoms in total.